The molecule has 2 N–H and O–H groups in total. The Bertz CT molecular complexity index is 931. The number of hydrogen-bond donors (Lipinski definition) is 2. The summed E-state index contributed by atoms with van der Waals surface area (Å²) in [5.41, 5.74) is 0.821. The Kier molecular flexibility index (Phi) is 4.91. The Morgan fingerprint density at radius 3 is 2.48 bits per heavy atom. The maximum atomic E-state index is 12.2. The predicted octanol–water partition coefficient (Wildman–Crippen LogP) is 3.63. The second kappa shape index (κ2) is 7.12. The van der Waals surface area contributed by atoms with Gasteiger partial charge in [0, 0.05) is 11.3 Å². The molecule has 0 radical (unpaired) electrons. The highest BCUT2D eigenvalue weighted by atomic mass is 32.2. The zero-order valence-corrected chi connectivity index (χ0v) is 14.9. The Morgan fingerprint density at radius 1 is 1.12 bits per heavy atom. The summed E-state index contributed by atoms with van der Waals surface area (Å²) in [6, 6.07) is 12.7. The first-order chi connectivity index (χ1) is 12.0. The molecule has 1 amide bonds. The van der Waals surface area contributed by atoms with Gasteiger partial charge in [-0.25, -0.2) is 8.42 Å². The highest BCUT2D eigenvalue weighted by Crippen LogP contribution is 2.21. The van der Waals surface area contributed by atoms with E-state index in [0.717, 1.165) is 11.3 Å². The average molecular weight is 376 g/mol. The van der Waals surface area contributed by atoms with Crippen molar-refractivity contribution in [3.63, 3.8) is 0 Å². The van der Waals surface area contributed by atoms with E-state index in [1.165, 1.54) is 6.07 Å². The summed E-state index contributed by atoms with van der Waals surface area (Å²) in [5, 5.41) is 4.52. The zero-order chi connectivity index (χ0) is 17.9. The first-order valence-electron chi connectivity index (χ1n) is 7.46. The van der Waals surface area contributed by atoms with Gasteiger partial charge in [-0.1, -0.05) is 6.07 Å². The lowest BCUT2D eigenvalue weighted by Crippen LogP contribution is -2.26. The minimum absolute atomic E-state index is 0.238. The summed E-state index contributed by atoms with van der Waals surface area (Å²) in [5.74, 6) is 0.394. The van der Waals surface area contributed by atoms with Crippen LogP contribution in [0.15, 0.2) is 68.8 Å². The van der Waals surface area contributed by atoms with Crippen molar-refractivity contribution in [2.24, 2.45) is 0 Å². The van der Waals surface area contributed by atoms with E-state index in [0.29, 0.717) is 17.0 Å². The normalized spacial score (nSPS) is 12.5. The van der Waals surface area contributed by atoms with Crippen LogP contribution in [0.2, 0.25) is 0 Å². The Morgan fingerprint density at radius 2 is 1.88 bits per heavy atom. The summed E-state index contributed by atoms with van der Waals surface area (Å²) < 4.78 is 32.3. The van der Waals surface area contributed by atoms with Gasteiger partial charge >= 0.3 is 0 Å². The highest BCUT2D eigenvalue weighted by Gasteiger charge is 2.16. The smallest absolute Gasteiger partial charge is 0.271 e. The maximum absolute atomic E-state index is 12.2. The van der Waals surface area contributed by atoms with E-state index in [-0.39, 0.29) is 16.2 Å². The Hall–Kier alpha value is -2.58. The van der Waals surface area contributed by atoms with Crippen molar-refractivity contribution < 1.29 is 17.6 Å². The number of amides is 1. The van der Waals surface area contributed by atoms with Crippen LogP contribution in [-0.4, -0.2) is 14.3 Å². The lowest BCUT2D eigenvalue weighted by molar-refractivity contribution is 0.0935. The van der Waals surface area contributed by atoms with Gasteiger partial charge in [0.1, 0.15) is 9.97 Å². The number of carbonyl (C=O) groups excluding carboxylic acids is 1. The van der Waals surface area contributed by atoms with E-state index in [9.17, 15) is 13.2 Å². The van der Waals surface area contributed by atoms with E-state index in [4.69, 9.17) is 4.42 Å². The minimum atomic E-state index is -3.60. The fourth-order valence-electron chi connectivity index (χ4n) is 2.20. The molecule has 2 heterocycles. The molecular weight excluding hydrogens is 360 g/mol. The number of anilines is 1. The predicted molar refractivity (Wildman–Crippen MR) is 96.2 cm³/mol. The number of sulfonamides is 1. The van der Waals surface area contributed by atoms with Gasteiger partial charge in [-0.05, 0) is 54.8 Å². The SMILES string of the molecule is C[C@H](NC(=O)c1ccc(NS(=O)(=O)c2cccs2)cc1)c1ccco1. The molecular formula is C17H16N2O4S2. The number of carbonyl (C=O) groups is 1. The summed E-state index contributed by atoms with van der Waals surface area (Å²) in [7, 11) is -3.60. The minimum Gasteiger partial charge on any atom is -0.467 e. The highest BCUT2D eigenvalue weighted by molar-refractivity contribution is 7.94. The second-order valence-electron chi connectivity index (χ2n) is 5.33. The molecule has 8 heteroatoms. The summed E-state index contributed by atoms with van der Waals surface area (Å²) in [4.78, 5) is 12.2. The van der Waals surface area contributed by atoms with Crippen molar-refractivity contribution >= 4 is 33.0 Å². The van der Waals surface area contributed by atoms with Crippen molar-refractivity contribution in [1.82, 2.24) is 5.32 Å². The fraction of sp³-hybridized carbons (Fsp3) is 0.118. The van der Waals surface area contributed by atoms with Crippen LogP contribution in [0.4, 0.5) is 5.69 Å². The molecule has 0 aliphatic rings. The summed E-state index contributed by atoms with van der Waals surface area (Å²) >= 11 is 1.14. The molecule has 130 valence electrons. The van der Waals surface area contributed by atoms with Crippen LogP contribution in [0.25, 0.3) is 0 Å². The molecule has 25 heavy (non-hydrogen) atoms. The van der Waals surface area contributed by atoms with Gasteiger partial charge in [0.05, 0.1) is 12.3 Å². The van der Waals surface area contributed by atoms with E-state index in [1.54, 1.807) is 54.1 Å². The Balaban J connectivity index is 1.67. The summed E-state index contributed by atoms with van der Waals surface area (Å²) in [6.45, 7) is 1.82. The molecule has 0 aliphatic carbocycles. The number of benzene rings is 1. The molecule has 0 spiro atoms. The van der Waals surface area contributed by atoms with Crippen molar-refractivity contribution in [1.29, 1.82) is 0 Å². The van der Waals surface area contributed by atoms with Crippen molar-refractivity contribution in [2.75, 3.05) is 4.72 Å². The van der Waals surface area contributed by atoms with Crippen LogP contribution in [-0.2, 0) is 10.0 Å². The van der Waals surface area contributed by atoms with Crippen molar-refractivity contribution in [2.45, 2.75) is 17.2 Å². The van der Waals surface area contributed by atoms with E-state index >= 15 is 0 Å². The van der Waals surface area contributed by atoms with Crippen LogP contribution < -0.4 is 10.0 Å². The van der Waals surface area contributed by atoms with Gasteiger partial charge < -0.3 is 9.73 Å². The number of furan rings is 1. The van der Waals surface area contributed by atoms with E-state index < -0.39 is 10.0 Å². The maximum Gasteiger partial charge on any atom is 0.271 e. The third-order valence-corrected chi connectivity index (χ3v) is 6.26. The number of thiophene rings is 1. The van der Waals surface area contributed by atoms with E-state index in [2.05, 4.69) is 10.0 Å². The van der Waals surface area contributed by atoms with Gasteiger partial charge in [-0.2, -0.15) is 0 Å². The van der Waals surface area contributed by atoms with Crippen LogP contribution in [0, 0.1) is 0 Å². The first-order valence-corrected chi connectivity index (χ1v) is 9.82. The molecule has 3 aromatic rings. The van der Waals surface area contributed by atoms with Gasteiger partial charge in [0.25, 0.3) is 15.9 Å². The second-order valence-corrected chi connectivity index (χ2v) is 8.18. The lowest BCUT2D eigenvalue weighted by atomic mass is 10.1. The third-order valence-electron chi connectivity index (χ3n) is 3.48. The molecule has 0 saturated heterocycles. The van der Waals surface area contributed by atoms with Crippen molar-refractivity contribution in [3.05, 3.63) is 71.5 Å². The third kappa shape index (κ3) is 4.09. The number of rotatable bonds is 6. The molecule has 1 atom stereocenters. The molecule has 0 aliphatic heterocycles. The van der Waals surface area contributed by atoms with Crippen LogP contribution >= 0.6 is 11.3 Å². The van der Waals surface area contributed by atoms with Gasteiger partial charge in [0.15, 0.2) is 0 Å². The standard InChI is InChI=1S/C17H16N2O4S2/c1-12(15-4-2-10-23-15)18-17(20)13-6-8-14(9-7-13)19-25(21,22)16-5-3-11-24-16/h2-12,19H,1H3,(H,18,20)/t12-/m0/s1. The zero-order valence-electron chi connectivity index (χ0n) is 13.3. The molecule has 0 bridgehead atoms. The molecule has 2 aromatic heterocycles. The summed E-state index contributed by atoms with van der Waals surface area (Å²) in [6.07, 6.45) is 1.55. The monoisotopic (exact) mass is 376 g/mol. The van der Waals surface area contributed by atoms with Crippen LogP contribution in [0.5, 0.6) is 0 Å². The topological polar surface area (TPSA) is 88.4 Å². The molecule has 1 aromatic carbocycles. The lowest BCUT2D eigenvalue weighted by Gasteiger charge is -2.12. The quantitative estimate of drug-likeness (QED) is 0.687. The van der Waals surface area contributed by atoms with Crippen LogP contribution in [0.3, 0.4) is 0 Å². The first kappa shape index (κ1) is 17.2. The average Bonchev–Trinajstić information content (AvgIpc) is 3.29. The molecule has 0 unspecified atom stereocenters. The van der Waals surface area contributed by atoms with Gasteiger partial charge in [-0.15, -0.1) is 11.3 Å². The van der Waals surface area contributed by atoms with Gasteiger partial charge in [-0.3, -0.25) is 9.52 Å². The number of nitrogens with one attached hydrogen (secondary N) is 2. The van der Waals surface area contributed by atoms with Crippen LogP contribution in [0.1, 0.15) is 29.1 Å². The van der Waals surface area contributed by atoms with Crippen molar-refractivity contribution in [3.8, 4) is 0 Å². The molecule has 0 saturated carbocycles. The fourth-order valence-corrected chi connectivity index (χ4v) is 4.25. The molecule has 3 rings (SSSR count). The largest absolute Gasteiger partial charge is 0.467 e. The molecule has 0 fully saturated rings. The van der Waals surface area contributed by atoms with Gasteiger partial charge in [0.2, 0.25) is 0 Å². The number of hydrogen-bond acceptors (Lipinski definition) is 5. The van der Waals surface area contributed by atoms with E-state index in [1.807, 2.05) is 6.92 Å². The Labute approximate surface area is 149 Å². The molecule has 6 nitrogen and oxygen atoms in total.